The Balaban J connectivity index is 1.58. The maximum Gasteiger partial charge on any atom is 0.109 e. The van der Waals surface area contributed by atoms with E-state index >= 15 is 0 Å². The largest absolute Gasteiger partial charge is 0.376 e. The Bertz CT molecular complexity index is 1270. The molecule has 2 aromatic heterocycles. The number of hydrogen-bond donors (Lipinski definition) is 0. The smallest absolute Gasteiger partial charge is 0.109 e. The molecule has 5 heteroatoms. The van der Waals surface area contributed by atoms with Gasteiger partial charge in [0.25, 0.3) is 0 Å². The highest BCUT2D eigenvalue weighted by molar-refractivity contribution is 5.90. The van der Waals surface area contributed by atoms with Crippen LogP contribution >= 0.6 is 0 Å². The average molecular weight is 437 g/mol. The summed E-state index contributed by atoms with van der Waals surface area (Å²) < 4.78 is 8.18. The molecule has 0 radical (unpaired) electrons. The first-order valence-corrected chi connectivity index (χ1v) is 11.8. The van der Waals surface area contributed by atoms with Gasteiger partial charge in [0.2, 0.25) is 0 Å². The van der Waals surface area contributed by atoms with Crippen LogP contribution in [0.4, 0.5) is 0 Å². The Hall–Kier alpha value is -3.49. The predicted molar refractivity (Wildman–Crippen MR) is 131 cm³/mol. The van der Waals surface area contributed by atoms with E-state index in [4.69, 9.17) is 9.72 Å². The summed E-state index contributed by atoms with van der Waals surface area (Å²) in [5, 5.41) is 13.9. The van der Waals surface area contributed by atoms with Crippen LogP contribution in [0.25, 0.3) is 33.4 Å². The molecule has 4 aromatic rings. The molecule has 1 unspecified atom stereocenters. The van der Waals surface area contributed by atoms with Gasteiger partial charge in [0.15, 0.2) is 0 Å². The molecule has 1 aliphatic heterocycles. The summed E-state index contributed by atoms with van der Waals surface area (Å²) in [7, 11) is 0. The fourth-order valence-corrected chi connectivity index (χ4v) is 4.52. The second kappa shape index (κ2) is 9.56. The number of nitriles is 1. The molecule has 0 saturated carbocycles. The Morgan fingerprint density at radius 1 is 1.00 bits per heavy atom. The number of rotatable bonds is 4. The molecular weight excluding hydrogens is 408 g/mol. The molecule has 1 aliphatic rings. The zero-order chi connectivity index (χ0) is 22.6. The van der Waals surface area contributed by atoms with E-state index in [0.29, 0.717) is 5.56 Å². The van der Waals surface area contributed by atoms with E-state index in [-0.39, 0.29) is 6.10 Å². The van der Waals surface area contributed by atoms with Crippen LogP contribution in [0.5, 0.6) is 0 Å². The number of benzene rings is 2. The molecule has 0 bridgehead atoms. The van der Waals surface area contributed by atoms with Crippen LogP contribution in [0.1, 0.15) is 43.2 Å². The minimum atomic E-state index is 0.184. The van der Waals surface area contributed by atoms with Crippen LogP contribution in [-0.2, 0) is 11.3 Å². The van der Waals surface area contributed by atoms with Gasteiger partial charge in [-0.1, -0.05) is 61.2 Å². The molecule has 1 atom stereocenters. The van der Waals surface area contributed by atoms with Gasteiger partial charge >= 0.3 is 0 Å². The van der Waals surface area contributed by atoms with E-state index < -0.39 is 0 Å². The number of fused-ring (bicyclic) bond motifs is 1. The fourth-order valence-electron chi connectivity index (χ4n) is 4.52. The first-order valence-electron chi connectivity index (χ1n) is 11.8. The van der Waals surface area contributed by atoms with Crippen molar-refractivity contribution in [3.05, 3.63) is 71.9 Å². The Morgan fingerprint density at radius 3 is 2.55 bits per heavy atom. The van der Waals surface area contributed by atoms with Crippen molar-refractivity contribution in [1.82, 2.24) is 14.8 Å². The first-order chi connectivity index (χ1) is 16.2. The fraction of sp³-hybridized carbons (Fsp3) is 0.321. The Kier molecular flexibility index (Phi) is 6.19. The molecule has 2 aromatic carbocycles. The van der Waals surface area contributed by atoms with Crippen molar-refractivity contribution >= 4 is 11.0 Å². The van der Waals surface area contributed by atoms with E-state index in [0.717, 1.165) is 59.4 Å². The number of ether oxygens (including phenoxy) is 1. The Labute approximate surface area is 194 Å². The van der Waals surface area contributed by atoms with Gasteiger partial charge in [0.05, 0.1) is 41.7 Å². The molecule has 0 amide bonds. The monoisotopic (exact) mass is 436 g/mol. The quantitative estimate of drug-likeness (QED) is 0.377. The van der Waals surface area contributed by atoms with E-state index in [2.05, 4.69) is 48.4 Å². The number of aromatic nitrogens is 3. The highest BCUT2D eigenvalue weighted by Crippen LogP contribution is 2.34. The minimum Gasteiger partial charge on any atom is -0.376 e. The van der Waals surface area contributed by atoms with E-state index in [1.54, 1.807) is 0 Å². The predicted octanol–water partition coefficient (Wildman–Crippen LogP) is 6.29. The summed E-state index contributed by atoms with van der Waals surface area (Å²) in [6, 6.07) is 20.6. The van der Waals surface area contributed by atoms with Crippen LogP contribution in [-0.4, -0.2) is 27.5 Å². The average Bonchev–Trinajstić information content (AvgIpc) is 3.22. The summed E-state index contributed by atoms with van der Waals surface area (Å²) in [5.41, 5.74) is 7.82. The van der Waals surface area contributed by atoms with Crippen molar-refractivity contribution in [2.75, 3.05) is 6.61 Å². The molecule has 0 spiro atoms. The molecule has 0 aliphatic carbocycles. The zero-order valence-electron chi connectivity index (χ0n) is 19.0. The van der Waals surface area contributed by atoms with Crippen LogP contribution in [0.2, 0.25) is 0 Å². The van der Waals surface area contributed by atoms with Crippen LogP contribution < -0.4 is 0 Å². The van der Waals surface area contributed by atoms with Crippen molar-refractivity contribution in [2.24, 2.45) is 0 Å². The third-order valence-electron chi connectivity index (χ3n) is 6.43. The molecule has 0 N–H and O–H groups in total. The van der Waals surface area contributed by atoms with Crippen molar-refractivity contribution in [1.29, 1.82) is 5.26 Å². The Morgan fingerprint density at radius 2 is 1.76 bits per heavy atom. The van der Waals surface area contributed by atoms with Gasteiger partial charge in [-0.25, -0.2) is 4.98 Å². The van der Waals surface area contributed by atoms with Crippen LogP contribution in [0, 0.1) is 18.3 Å². The van der Waals surface area contributed by atoms with Gasteiger partial charge in [-0.05, 0) is 43.5 Å². The molecular formula is C28H28N4O. The number of hydrogen-bond acceptors (Lipinski definition) is 4. The summed E-state index contributed by atoms with van der Waals surface area (Å²) in [6.07, 6.45) is 8.00. The maximum absolute atomic E-state index is 9.22. The number of aryl methyl sites for hydroxylation is 1. The second-order valence-electron chi connectivity index (χ2n) is 8.87. The highest BCUT2D eigenvalue weighted by Gasteiger charge is 2.18. The molecule has 5 rings (SSSR count). The third kappa shape index (κ3) is 4.67. The van der Waals surface area contributed by atoms with Gasteiger partial charge in [0.1, 0.15) is 5.52 Å². The van der Waals surface area contributed by atoms with Crippen molar-refractivity contribution < 1.29 is 4.74 Å². The van der Waals surface area contributed by atoms with Gasteiger partial charge in [-0.15, -0.1) is 0 Å². The van der Waals surface area contributed by atoms with Gasteiger partial charge in [-0.3, -0.25) is 4.68 Å². The lowest BCUT2D eigenvalue weighted by Gasteiger charge is -2.21. The molecule has 5 nitrogen and oxygen atoms in total. The second-order valence-corrected chi connectivity index (χ2v) is 8.87. The van der Waals surface area contributed by atoms with E-state index in [1.165, 1.54) is 24.8 Å². The molecule has 3 heterocycles. The first kappa shape index (κ1) is 21.4. The van der Waals surface area contributed by atoms with Crippen LogP contribution in [0.3, 0.4) is 0 Å². The lowest BCUT2D eigenvalue weighted by atomic mass is 9.97. The third-order valence-corrected chi connectivity index (χ3v) is 6.43. The molecule has 1 fully saturated rings. The molecule has 166 valence electrons. The van der Waals surface area contributed by atoms with Crippen LogP contribution in [0.15, 0.2) is 60.8 Å². The normalized spacial score (nSPS) is 16.8. The van der Waals surface area contributed by atoms with Gasteiger partial charge in [-0.2, -0.15) is 10.4 Å². The van der Waals surface area contributed by atoms with Crippen molar-refractivity contribution in [3.63, 3.8) is 0 Å². The summed E-state index contributed by atoms with van der Waals surface area (Å²) in [5.74, 6) is 0. The van der Waals surface area contributed by atoms with E-state index in [1.807, 2.05) is 35.1 Å². The summed E-state index contributed by atoms with van der Waals surface area (Å²) in [6.45, 7) is 3.65. The topological polar surface area (TPSA) is 63.7 Å². The maximum atomic E-state index is 9.22. The lowest BCUT2D eigenvalue weighted by molar-refractivity contribution is 0.0233. The zero-order valence-corrected chi connectivity index (χ0v) is 19.0. The number of nitrogens with zero attached hydrogens (tertiary/aromatic N) is 4. The molecule has 1 saturated heterocycles. The van der Waals surface area contributed by atoms with Gasteiger partial charge < -0.3 is 4.74 Å². The molecule has 33 heavy (non-hydrogen) atoms. The SMILES string of the molecule is Cc1ccc(-c2nc3cnn(CC4CCCCCCO4)c3cc2-c2ccc(C#N)cc2)cc1. The van der Waals surface area contributed by atoms with E-state index in [9.17, 15) is 5.26 Å². The minimum absolute atomic E-state index is 0.184. The van der Waals surface area contributed by atoms with Crippen molar-refractivity contribution in [3.8, 4) is 28.5 Å². The standard InChI is InChI=1S/C28H28N4O/c1-20-7-11-23(12-8-20)28-25(22-13-9-21(17-29)10-14-22)16-27-26(31-28)18-30-32(27)19-24-6-4-2-3-5-15-33-24/h7-14,16,18,24H,2-6,15,19H2,1H3. The summed E-state index contributed by atoms with van der Waals surface area (Å²) >= 11 is 0. The lowest BCUT2D eigenvalue weighted by Crippen LogP contribution is -2.22. The summed E-state index contributed by atoms with van der Waals surface area (Å²) in [4.78, 5) is 5.05. The van der Waals surface area contributed by atoms with Gasteiger partial charge in [0, 0.05) is 17.7 Å². The number of pyridine rings is 1. The highest BCUT2D eigenvalue weighted by atomic mass is 16.5. The van der Waals surface area contributed by atoms with Crippen molar-refractivity contribution in [2.45, 2.75) is 51.7 Å².